The van der Waals surface area contributed by atoms with Gasteiger partial charge in [-0.2, -0.15) is 4.99 Å². The van der Waals surface area contributed by atoms with Gasteiger partial charge in [-0.05, 0) is 38.1 Å². The van der Waals surface area contributed by atoms with Crippen LogP contribution in [0.15, 0.2) is 47.5 Å². The molecule has 162 valence electrons. The lowest BCUT2D eigenvalue weighted by Crippen LogP contribution is -2.11. The summed E-state index contributed by atoms with van der Waals surface area (Å²) in [6, 6.07) is 13.9. The number of ether oxygens (including phenoxy) is 1. The second-order valence-corrected chi connectivity index (χ2v) is 7.75. The van der Waals surface area contributed by atoms with Gasteiger partial charge in [-0.1, -0.05) is 37.3 Å². The topological polar surface area (TPSA) is 144 Å². The number of aromatic amines is 1. The summed E-state index contributed by atoms with van der Waals surface area (Å²) in [5.74, 6) is 0. The third kappa shape index (κ3) is 7.37. The van der Waals surface area contributed by atoms with E-state index in [1.165, 1.54) is 5.56 Å². The first kappa shape index (κ1) is 23.7. The molecule has 0 saturated carbocycles. The van der Waals surface area contributed by atoms with Crippen molar-refractivity contribution in [2.75, 3.05) is 6.54 Å². The minimum Gasteiger partial charge on any atom is -0.445 e. The minimum atomic E-state index is -4.64. The molecule has 0 bridgehead atoms. The molecule has 0 unspecified atom stereocenters. The number of carbonyl (C=O) groups is 1. The van der Waals surface area contributed by atoms with Crippen LogP contribution in [-0.4, -0.2) is 38.4 Å². The Morgan fingerprint density at radius 3 is 2.43 bits per heavy atom. The molecule has 1 aromatic heterocycles. The first-order valence-corrected chi connectivity index (χ1v) is 10.9. The third-order valence-electron chi connectivity index (χ3n) is 3.94. The van der Waals surface area contributed by atoms with Gasteiger partial charge >= 0.3 is 13.9 Å². The highest BCUT2D eigenvalue weighted by molar-refractivity contribution is 7.45. The highest BCUT2D eigenvalue weighted by Gasteiger charge is 2.07. The molecular formula is C20H26N3O6P. The number of carbonyl (C=O) groups excluding carboxylic acids is 1. The van der Waals surface area contributed by atoms with Crippen LogP contribution in [0.3, 0.4) is 0 Å². The zero-order valence-electron chi connectivity index (χ0n) is 17.0. The van der Waals surface area contributed by atoms with Gasteiger partial charge in [-0.25, -0.2) is 9.36 Å². The SMILES string of the molecule is CCNCc1cccc2c1[nH]c1cc(=NC(=O)OC(C)C)cccc12.O=P(O)(O)O. The molecule has 1 heterocycles. The van der Waals surface area contributed by atoms with Crippen molar-refractivity contribution in [2.45, 2.75) is 33.4 Å². The monoisotopic (exact) mass is 435 g/mol. The summed E-state index contributed by atoms with van der Waals surface area (Å²) in [5, 5.41) is 6.20. The number of H-pyrrole nitrogens is 1. The molecule has 0 aliphatic carbocycles. The molecule has 2 aromatic carbocycles. The lowest BCUT2D eigenvalue weighted by Gasteiger charge is -2.03. The van der Waals surface area contributed by atoms with Gasteiger partial charge in [-0.15, -0.1) is 0 Å². The van der Waals surface area contributed by atoms with Gasteiger partial charge in [0.25, 0.3) is 0 Å². The Hall–Kier alpha value is -2.55. The van der Waals surface area contributed by atoms with E-state index in [1.54, 1.807) is 13.8 Å². The van der Waals surface area contributed by atoms with Crippen LogP contribution in [0.25, 0.3) is 21.8 Å². The van der Waals surface area contributed by atoms with E-state index in [9.17, 15) is 4.79 Å². The molecule has 3 aromatic rings. The highest BCUT2D eigenvalue weighted by atomic mass is 31.2. The summed E-state index contributed by atoms with van der Waals surface area (Å²) in [6.45, 7) is 7.44. The van der Waals surface area contributed by atoms with E-state index in [-0.39, 0.29) is 6.10 Å². The fourth-order valence-electron chi connectivity index (χ4n) is 2.86. The Morgan fingerprint density at radius 1 is 1.17 bits per heavy atom. The largest absolute Gasteiger partial charge is 0.466 e. The van der Waals surface area contributed by atoms with E-state index in [4.69, 9.17) is 24.0 Å². The number of para-hydroxylation sites is 1. The fraction of sp³-hybridized carbons (Fsp3) is 0.300. The van der Waals surface area contributed by atoms with Crippen molar-refractivity contribution in [3.63, 3.8) is 0 Å². The molecular weight excluding hydrogens is 409 g/mol. The van der Waals surface area contributed by atoms with E-state index >= 15 is 0 Å². The number of aromatic nitrogens is 1. The number of amides is 1. The average molecular weight is 435 g/mol. The van der Waals surface area contributed by atoms with Gasteiger partial charge in [0.05, 0.1) is 17.0 Å². The van der Waals surface area contributed by atoms with Crippen LogP contribution >= 0.6 is 7.82 Å². The second kappa shape index (κ2) is 10.5. The van der Waals surface area contributed by atoms with Crippen molar-refractivity contribution in [1.29, 1.82) is 0 Å². The quantitative estimate of drug-likeness (QED) is 0.396. The molecule has 5 N–H and O–H groups in total. The normalized spacial score (nSPS) is 12.2. The van der Waals surface area contributed by atoms with Crippen LogP contribution in [0.4, 0.5) is 4.79 Å². The van der Waals surface area contributed by atoms with Gasteiger partial charge in [0.1, 0.15) is 0 Å². The molecule has 0 aliphatic heterocycles. The number of fused-ring (bicyclic) bond motifs is 3. The number of hydrogen-bond donors (Lipinski definition) is 5. The standard InChI is InChI=1S/C20H23N3O2.H3O4P/c1-4-21-12-14-7-5-10-17-16-9-6-8-15(11-18(16)23-19(14)17)22-20(24)25-13(2)3;1-5(2,3)4/h5-11,13,21,23H,4,12H2,1-3H3;(H3,1,2,3,4). The van der Waals surface area contributed by atoms with Crippen molar-refractivity contribution in [2.24, 2.45) is 4.99 Å². The maximum absolute atomic E-state index is 11.8. The second-order valence-electron chi connectivity index (χ2n) is 6.72. The van der Waals surface area contributed by atoms with Crippen LogP contribution in [0.5, 0.6) is 0 Å². The molecule has 3 rings (SSSR count). The maximum Gasteiger partial charge on any atom is 0.466 e. The number of benzene rings is 1. The fourth-order valence-corrected chi connectivity index (χ4v) is 2.86. The Morgan fingerprint density at radius 2 is 1.80 bits per heavy atom. The number of phosphoric acid groups is 1. The van der Waals surface area contributed by atoms with Gasteiger partial charge in [0, 0.05) is 22.8 Å². The van der Waals surface area contributed by atoms with Crippen LogP contribution in [0, 0.1) is 0 Å². The van der Waals surface area contributed by atoms with E-state index in [0.29, 0.717) is 5.36 Å². The number of rotatable bonds is 4. The average Bonchev–Trinajstić information content (AvgIpc) is 2.83. The lowest BCUT2D eigenvalue weighted by molar-refractivity contribution is 0.125. The summed E-state index contributed by atoms with van der Waals surface area (Å²) < 4.78 is 14.0. The molecule has 0 fully saturated rings. The van der Waals surface area contributed by atoms with Crippen LogP contribution in [-0.2, 0) is 15.8 Å². The van der Waals surface area contributed by atoms with Crippen molar-refractivity contribution in [1.82, 2.24) is 10.3 Å². The predicted octanol–water partition coefficient (Wildman–Crippen LogP) is 2.95. The van der Waals surface area contributed by atoms with Crippen molar-refractivity contribution >= 4 is 35.7 Å². The third-order valence-corrected chi connectivity index (χ3v) is 3.94. The van der Waals surface area contributed by atoms with E-state index in [0.717, 1.165) is 34.9 Å². The molecule has 1 amide bonds. The van der Waals surface area contributed by atoms with E-state index in [2.05, 4.69) is 40.4 Å². The highest BCUT2D eigenvalue weighted by Crippen LogP contribution is 2.26. The Kier molecular flexibility index (Phi) is 8.28. The van der Waals surface area contributed by atoms with Crippen LogP contribution in [0.2, 0.25) is 0 Å². The van der Waals surface area contributed by atoms with Gasteiger partial charge in [0.2, 0.25) is 0 Å². The van der Waals surface area contributed by atoms with Crippen LogP contribution < -0.4 is 10.7 Å². The summed E-state index contributed by atoms with van der Waals surface area (Å²) in [4.78, 5) is 40.9. The predicted molar refractivity (Wildman–Crippen MR) is 115 cm³/mol. The summed E-state index contributed by atoms with van der Waals surface area (Å²) in [6.07, 6.45) is -0.756. The van der Waals surface area contributed by atoms with E-state index in [1.807, 2.05) is 24.3 Å². The minimum absolute atomic E-state index is 0.185. The molecule has 9 nitrogen and oxygen atoms in total. The Labute approximate surface area is 173 Å². The molecule has 0 saturated heterocycles. The first-order chi connectivity index (χ1) is 14.1. The Bertz CT molecular complexity index is 1130. The molecule has 30 heavy (non-hydrogen) atoms. The zero-order chi connectivity index (χ0) is 22.3. The molecule has 0 atom stereocenters. The van der Waals surface area contributed by atoms with E-state index < -0.39 is 13.9 Å². The Balaban J connectivity index is 0.000000575. The van der Waals surface area contributed by atoms with Crippen LogP contribution in [0.1, 0.15) is 26.3 Å². The van der Waals surface area contributed by atoms with Crippen molar-refractivity contribution in [3.8, 4) is 0 Å². The van der Waals surface area contributed by atoms with Crippen molar-refractivity contribution < 1.29 is 28.8 Å². The molecule has 10 heteroatoms. The maximum atomic E-state index is 11.8. The molecule has 0 aliphatic rings. The molecule has 0 spiro atoms. The number of hydrogen-bond acceptors (Lipinski definition) is 4. The first-order valence-electron chi connectivity index (χ1n) is 9.36. The number of nitrogens with one attached hydrogen (secondary N) is 2. The number of nitrogens with zero attached hydrogens (tertiary/aromatic N) is 1. The van der Waals surface area contributed by atoms with Crippen molar-refractivity contribution in [3.05, 3.63) is 53.4 Å². The smallest absolute Gasteiger partial charge is 0.445 e. The van der Waals surface area contributed by atoms with Gasteiger partial charge < -0.3 is 29.7 Å². The molecule has 0 radical (unpaired) electrons. The van der Waals surface area contributed by atoms with Gasteiger partial charge in [-0.3, -0.25) is 0 Å². The summed E-state index contributed by atoms with van der Waals surface area (Å²) in [5.41, 5.74) is 3.27. The lowest BCUT2D eigenvalue weighted by atomic mass is 10.1. The van der Waals surface area contributed by atoms with Gasteiger partial charge in [0.15, 0.2) is 0 Å². The zero-order valence-corrected chi connectivity index (χ0v) is 17.9. The summed E-state index contributed by atoms with van der Waals surface area (Å²) in [7, 11) is -4.64. The summed E-state index contributed by atoms with van der Waals surface area (Å²) >= 11 is 0.